The van der Waals surface area contributed by atoms with E-state index >= 15 is 0 Å². The summed E-state index contributed by atoms with van der Waals surface area (Å²) in [4.78, 5) is 11.2. The van der Waals surface area contributed by atoms with Crippen molar-refractivity contribution in [3.63, 3.8) is 0 Å². The fourth-order valence-electron chi connectivity index (χ4n) is 2.85. The number of nitrogens with one attached hydrogen (secondary N) is 2. The van der Waals surface area contributed by atoms with Gasteiger partial charge in [-0.05, 0) is 26.7 Å². The molecule has 136 valence electrons. The highest BCUT2D eigenvalue weighted by molar-refractivity contribution is 5.79. The summed E-state index contributed by atoms with van der Waals surface area (Å²) in [5.74, 6) is 2.41. The minimum absolute atomic E-state index is 0.0183. The molecule has 0 aliphatic carbocycles. The van der Waals surface area contributed by atoms with E-state index < -0.39 is 0 Å². The van der Waals surface area contributed by atoms with Crippen LogP contribution in [0.15, 0.2) is 15.6 Å². The van der Waals surface area contributed by atoms with Crippen LogP contribution in [0.4, 0.5) is 0 Å². The summed E-state index contributed by atoms with van der Waals surface area (Å²) in [6.07, 6.45) is 4.10. The predicted molar refractivity (Wildman–Crippen MR) is 98.3 cm³/mol. The molecule has 0 bridgehead atoms. The lowest BCUT2D eigenvalue weighted by Crippen LogP contribution is -2.49. The summed E-state index contributed by atoms with van der Waals surface area (Å²) in [6, 6.07) is 1.10. The number of oxazole rings is 1. The monoisotopic (exact) mass is 335 g/mol. The van der Waals surface area contributed by atoms with Crippen LogP contribution in [0.2, 0.25) is 0 Å². The summed E-state index contributed by atoms with van der Waals surface area (Å²) in [5, 5.41) is 6.82. The number of aromatic nitrogens is 1. The maximum absolute atomic E-state index is 5.81. The first kappa shape index (κ1) is 18.8. The van der Waals surface area contributed by atoms with Gasteiger partial charge in [0, 0.05) is 37.6 Å². The number of guanidine groups is 1. The van der Waals surface area contributed by atoms with Gasteiger partial charge in [-0.1, -0.05) is 20.8 Å². The van der Waals surface area contributed by atoms with E-state index in [1.165, 1.54) is 0 Å². The molecule has 2 heterocycles. The third-order valence-corrected chi connectivity index (χ3v) is 4.52. The van der Waals surface area contributed by atoms with Crippen LogP contribution in [0.5, 0.6) is 0 Å². The third kappa shape index (κ3) is 5.23. The van der Waals surface area contributed by atoms with Gasteiger partial charge in [0.1, 0.15) is 5.76 Å². The molecule has 0 aromatic carbocycles. The summed E-state index contributed by atoms with van der Waals surface area (Å²) in [5.41, 5.74) is -0.0183. The molecule has 0 saturated carbocycles. The van der Waals surface area contributed by atoms with Crippen LogP contribution in [-0.4, -0.2) is 48.1 Å². The Balaban J connectivity index is 1.80. The van der Waals surface area contributed by atoms with Crippen LogP contribution in [-0.2, 0) is 12.0 Å². The van der Waals surface area contributed by atoms with Crippen LogP contribution in [0, 0.1) is 0 Å². The minimum atomic E-state index is -0.0183. The highest BCUT2D eigenvalue weighted by Crippen LogP contribution is 2.22. The van der Waals surface area contributed by atoms with Gasteiger partial charge in [0.2, 0.25) is 5.89 Å². The van der Waals surface area contributed by atoms with Crippen LogP contribution >= 0.6 is 0 Å². The smallest absolute Gasteiger partial charge is 0.213 e. The van der Waals surface area contributed by atoms with Crippen LogP contribution < -0.4 is 10.6 Å². The Bertz CT molecular complexity index is 536. The second-order valence-electron chi connectivity index (χ2n) is 7.84. The van der Waals surface area contributed by atoms with E-state index in [2.05, 4.69) is 60.1 Å². The van der Waals surface area contributed by atoms with Crippen molar-refractivity contribution in [3.05, 3.63) is 17.8 Å². The standard InChI is InChI=1S/C18H33N5O/c1-13(2)23-9-7-14(8-10-23)22-17(19-6)21-12-16-20-11-15(24-16)18(3,4)5/h11,13-14H,7-10,12H2,1-6H3,(H2,19,21,22). The Kier molecular flexibility index (Phi) is 6.27. The lowest BCUT2D eigenvalue weighted by molar-refractivity contribution is 0.167. The molecule has 6 heteroatoms. The normalized spacial score (nSPS) is 18.2. The lowest BCUT2D eigenvalue weighted by Gasteiger charge is -2.35. The SMILES string of the molecule is CN=C(NCc1ncc(C(C)(C)C)o1)NC1CCN(C(C)C)CC1. The van der Waals surface area contributed by atoms with Gasteiger partial charge in [0.15, 0.2) is 5.96 Å². The van der Waals surface area contributed by atoms with E-state index in [1.54, 1.807) is 7.05 Å². The van der Waals surface area contributed by atoms with Crippen LogP contribution in [0.25, 0.3) is 0 Å². The maximum Gasteiger partial charge on any atom is 0.213 e. The van der Waals surface area contributed by atoms with Gasteiger partial charge in [-0.2, -0.15) is 0 Å². The molecule has 1 aromatic rings. The van der Waals surface area contributed by atoms with Gasteiger partial charge < -0.3 is 20.0 Å². The van der Waals surface area contributed by atoms with Crippen molar-refractivity contribution in [1.29, 1.82) is 0 Å². The van der Waals surface area contributed by atoms with E-state index in [9.17, 15) is 0 Å². The van der Waals surface area contributed by atoms with Crippen molar-refractivity contribution >= 4 is 5.96 Å². The highest BCUT2D eigenvalue weighted by Gasteiger charge is 2.22. The van der Waals surface area contributed by atoms with Gasteiger partial charge in [-0.25, -0.2) is 4.98 Å². The highest BCUT2D eigenvalue weighted by atomic mass is 16.4. The van der Waals surface area contributed by atoms with Crippen LogP contribution in [0.3, 0.4) is 0 Å². The van der Waals surface area contributed by atoms with E-state index in [0.29, 0.717) is 24.5 Å². The molecule has 1 aliphatic heterocycles. The zero-order chi connectivity index (χ0) is 17.7. The van der Waals surface area contributed by atoms with Gasteiger partial charge in [-0.3, -0.25) is 4.99 Å². The largest absolute Gasteiger partial charge is 0.443 e. The molecule has 1 saturated heterocycles. The first-order valence-electron chi connectivity index (χ1n) is 8.96. The average Bonchev–Trinajstić information content (AvgIpc) is 3.01. The van der Waals surface area contributed by atoms with Gasteiger partial charge in [0.05, 0.1) is 12.7 Å². The molecule has 0 atom stereocenters. The zero-order valence-corrected chi connectivity index (χ0v) is 16.0. The van der Waals surface area contributed by atoms with Crippen molar-refractivity contribution in [3.8, 4) is 0 Å². The molecule has 6 nitrogen and oxygen atoms in total. The lowest BCUT2D eigenvalue weighted by atomic mass is 9.94. The molecule has 0 amide bonds. The Morgan fingerprint density at radius 1 is 1.38 bits per heavy atom. The number of rotatable bonds is 4. The number of likely N-dealkylation sites (tertiary alicyclic amines) is 1. The third-order valence-electron chi connectivity index (χ3n) is 4.52. The van der Waals surface area contributed by atoms with Crippen molar-refractivity contribution in [2.24, 2.45) is 4.99 Å². The summed E-state index contributed by atoms with van der Waals surface area (Å²) in [6.45, 7) is 13.7. The Morgan fingerprint density at radius 3 is 2.54 bits per heavy atom. The summed E-state index contributed by atoms with van der Waals surface area (Å²) >= 11 is 0. The second kappa shape index (κ2) is 8.01. The fraction of sp³-hybridized carbons (Fsp3) is 0.778. The van der Waals surface area contributed by atoms with E-state index in [0.717, 1.165) is 37.7 Å². The van der Waals surface area contributed by atoms with E-state index in [-0.39, 0.29) is 5.41 Å². The number of nitrogens with zero attached hydrogens (tertiary/aromatic N) is 3. The quantitative estimate of drug-likeness (QED) is 0.654. The average molecular weight is 335 g/mol. The van der Waals surface area contributed by atoms with Crippen molar-refractivity contribution < 1.29 is 4.42 Å². The second-order valence-corrected chi connectivity index (χ2v) is 7.84. The molecule has 2 rings (SSSR count). The number of piperidine rings is 1. The maximum atomic E-state index is 5.81. The fourth-order valence-corrected chi connectivity index (χ4v) is 2.85. The first-order chi connectivity index (χ1) is 11.3. The van der Waals surface area contributed by atoms with Crippen LogP contribution in [0.1, 0.15) is 59.1 Å². The molecule has 24 heavy (non-hydrogen) atoms. The number of aliphatic imine (C=N–C) groups is 1. The van der Waals surface area contributed by atoms with Crippen molar-refractivity contribution in [2.45, 2.75) is 71.5 Å². The molecular weight excluding hydrogens is 302 g/mol. The molecule has 1 aromatic heterocycles. The molecule has 0 unspecified atom stereocenters. The van der Waals surface area contributed by atoms with Gasteiger partial charge in [0.25, 0.3) is 0 Å². The van der Waals surface area contributed by atoms with E-state index in [1.807, 2.05) is 6.20 Å². The molecule has 1 fully saturated rings. The van der Waals surface area contributed by atoms with Crippen molar-refractivity contribution in [1.82, 2.24) is 20.5 Å². The zero-order valence-electron chi connectivity index (χ0n) is 16.0. The molecular formula is C18H33N5O. The Morgan fingerprint density at radius 2 is 2.04 bits per heavy atom. The number of hydrogen-bond acceptors (Lipinski definition) is 4. The molecule has 0 spiro atoms. The molecule has 1 aliphatic rings. The summed E-state index contributed by atoms with van der Waals surface area (Å²) < 4.78 is 5.81. The van der Waals surface area contributed by atoms with Crippen molar-refractivity contribution in [2.75, 3.05) is 20.1 Å². The molecule has 0 radical (unpaired) electrons. The topological polar surface area (TPSA) is 65.7 Å². The summed E-state index contributed by atoms with van der Waals surface area (Å²) in [7, 11) is 1.80. The van der Waals surface area contributed by atoms with Gasteiger partial charge in [-0.15, -0.1) is 0 Å². The number of hydrogen-bond donors (Lipinski definition) is 2. The first-order valence-corrected chi connectivity index (χ1v) is 8.96. The van der Waals surface area contributed by atoms with Gasteiger partial charge >= 0.3 is 0 Å². The Hall–Kier alpha value is -1.56. The minimum Gasteiger partial charge on any atom is -0.443 e. The Labute approximate surface area is 146 Å². The predicted octanol–water partition coefficient (Wildman–Crippen LogP) is 2.51. The molecule has 2 N–H and O–H groups in total. The van der Waals surface area contributed by atoms with E-state index in [4.69, 9.17) is 4.42 Å².